The molecule has 0 bridgehead atoms. The Morgan fingerprint density at radius 2 is 1.04 bits per heavy atom. The summed E-state index contributed by atoms with van der Waals surface area (Å²) in [5.41, 5.74) is 0.377. The van der Waals surface area contributed by atoms with Gasteiger partial charge in [-0.2, -0.15) is 0 Å². The molecule has 0 heterocycles. The molecule has 4 heteroatoms. The van der Waals surface area contributed by atoms with Crippen molar-refractivity contribution in [1.29, 1.82) is 0 Å². The molecule has 0 spiro atoms. The minimum atomic E-state index is -0.310. The molecule has 0 amide bonds. The Bertz CT molecular complexity index is 359. The first-order valence-corrected chi connectivity index (χ1v) is 11.5. The summed E-state index contributed by atoms with van der Waals surface area (Å²) in [6, 6.07) is 0. The van der Waals surface area contributed by atoms with E-state index in [1.54, 1.807) is 0 Å². The van der Waals surface area contributed by atoms with E-state index in [1.165, 1.54) is 25.7 Å². The van der Waals surface area contributed by atoms with Crippen molar-refractivity contribution < 1.29 is 19.7 Å². The van der Waals surface area contributed by atoms with Crippen molar-refractivity contribution in [3.63, 3.8) is 0 Å². The van der Waals surface area contributed by atoms with Gasteiger partial charge in [0, 0.05) is 0 Å². The SMILES string of the molecule is CCC(O)COC1CCC(C(C)(C)C2CCC(OCC(O)CC)CC2)CC1. The Morgan fingerprint density at radius 1 is 0.704 bits per heavy atom. The molecule has 2 unspecified atom stereocenters. The van der Waals surface area contributed by atoms with Crippen LogP contribution in [0.5, 0.6) is 0 Å². The fraction of sp³-hybridized carbons (Fsp3) is 1.00. The summed E-state index contributed by atoms with van der Waals surface area (Å²) in [6.45, 7) is 9.94. The highest BCUT2D eigenvalue weighted by Crippen LogP contribution is 2.48. The molecule has 2 atom stereocenters. The first-order chi connectivity index (χ1) is 12.9. The van der Waals surface area contributed by atoms with Crippen LogP contribution in [0.2, 0.25) is 0 Å². The highest BCUT2D eigenvalue weighted by Gasteiger charge is 2.40. The van der Waals surface area contributed by atoms with Crippen molar-refractivity contribution in [3.8, 4) is 0 Å². The van der Waals surface area contributed by atoms with Crippen LogP contribution >= 0.6 is 0 Å². The standard InChI is InChI=1S/C23H44O4/c1-5-19(24)15-26-21-11-7-17(8-12-21)23(3,4)18-9-13-22(14-10-18)27-16-20(25)6-2/h17-22,24-25H,5-16H2,1-4H3. The zero-order valence-electron chi connectivity index (χ0n) is 18.2. The average Bonchev–Trinajstić information content (AvgIpc) is 2.70. The van der Waals surface area contributed by atoms with Gasteiger partial charge in [0.2, 0.25) is 0 Å². The lowest BCUT2D eigenvalue weighted by Gasteiger charge is -2.46. The number of hydrogen-bond donors (Lipinski definition) is 2. The van der Waals surface area contributed by atoms with Crippen LogP contribution in [-0.2, 0) is 9.47 Å². The van der Waals surface area contributed by atoms with Gasteiger partial charge >= 0.3 is 0 Å². The topological polar surface area (TPSA) is 58.9 Å². The molecule has 27 heavy (non-hydrogen) atoms. The lowest BCUT2D eigenvalue weighted by molar-refractivity contribution is -0.0603. The maximum Gasteiger partial charge on any atom is 0.0771 e. The summed E-state index contributed by atoms with van der Waals surface area (Å²) in [7, 11) is 0. The van der Waals surface area contributed by atoms with Gasteiger partial charge in [-0.3, -0.25) is 0 Å². The maximum atomic E-state index is 9.69. The minimum Gasteiger partial charge on any atom is -0.391 e. The van der Waals surface area contributed by atoms with E-state index in [0.29, 0.717) is 30.8 Å². The first-order valence-electron chi connectivity index (χ1n) is 11.5. The van der Waals surface area contributed by atoms with Gasteiger partial charge in [0.15, 0.2) is 0 Å². The third kappa shape index (κ3) is 6.99. The van der Waals surface area contributed by atoms with E-state index in [1.807, 2.05) is 13.8 Å². The van der Waals surface area contributed by atoms with Gasteiger partial charge in [-0.25, -0.2) is 0 Å². The number of aliphatic hydroxyl groups excluding tert-OH is 2. The van der Waals surface area contributed by atoms with Gasteiger partial charge < -0.3 is 19.7 Å². The first kappa shape index (κ1) is 23.1. The summed E-state index contributed by atoms with van der Waals surface area (Å²) in [6.07, 6.45) is 11.1. The molecule has 0 aromatic carbocycles. The molecular weight excluding hydrogens is 340 g/mol. The van der Waals surface area contributed by atoms with Crippen molar-refractivity contribution in [1.82, 2.24) is 0 Å². The van der Waals surface area contributed by atoms with Gasteiger partial charge in [-0.1, -0.05) is 27.7 Å². The van der Waals surface area contributed by atoms with Gasteiger partial charge in [0.1, 0.15) is 0 Å². The van der Waals surface area contributed by atoms with E-state index in [9.17, 15) is 10.2 Å². The molecular formula is C23H44O4. The van der Waals surface area contributed by atoms with Crippen LogP contribution in [0.25, 0.3) is 0 Å². The molecule has 2 N–H and O–H groups in total. The quantitative estimate of drug-likeness (QED) is 0.573. The summed E-state index contributed by atoms with van der Waals surface area (Å²) in [4.78, 5) is 0. The van der Waals surface area contributed by atoms with Crippen LogP contribution in [-0.4, -0.2) is 47.8 Å². The van der Waals surface area contributed by atoms with Crippen molar-refractivity contribution in [2.75, 3.05) is 13.2 Å². The molecule has 0 aliphatic heterocycles. The highest BCUT2D eigenvalue weighted by atomic mass is 16.5. The fourth-order valence-electron chi connectivity index (χ4n) is 5.01. The second kappa shape index (κ2) is 11.1. The van der Waals surface area contributed by atoms with Gasteiger partial charge in [0.25, 0.3) is 0 Å². The van der Waals surface area contributed by atoms with E-state index in [4.69, 9.17) is 9.47 Å². The zero-order valence-corrected chi connectivity index (χ0v) is 18.2. The highest BCUT2D eigenvalue weighted by molar-refractivity contribution is 4.91. The van der Waals surface area contributed by atoms with Gasteiger partial charge in [-0.15, -0.1) is 0 Å². The zero-order chi connectivity index (χ0) is 19.9. The third-order valence-corrected chi connectivity index (χ3v) is 7.44. The third-order valence-electron chi connectivity index (χ3n) is 7.44. The van der Waals surface area contributed by atoms with Crippen LogP contribution < -0.4 is 0 Å². The predicted octanol–water partition coefficient (Wildman–Crippen LogP) is 4.71. The molecule has 160 valence electrons. The molecule has 2 aliphatic carbocycles. The molecule has 0 aromatic heterocycles. The Morgan fingerprint density at radius 3 is 1.33 bits per heavy atom. The van der Waals surface area contributed by atoms with Crippen LogP contribution in [0.1, 0.15) is 91.9 Å². The Hall–Kier alpha value is -0.160. The lowest BCUT2D eigenvalue weighted by Crippen LogP contribution is -2.39. The number of hydrogen-bond acceptors (Lipinski definition) is 4. The van der Waals surface area contributed by atoms with Crippen molar-refractivity contribution in [3.05, 3.63) is 0 Å². The maximum absolute atomic E-state index is 9.69. The van der Waals surface area contributed by atoms with Crippen LogP contribution in [0.15, 0.2) is 0 Å². The van der Waals surface area contributed by atoms with Crippen LogP contribution in [0, 0.1) is 17.3 Å². The summed E-state index contributed by atoms with van der Waals surface area (Å²) >= 11 is 0. The van der Waals surface area contributed by atoms with E-state index >= 15 is 0 Å². The van der Waals surface area contributed by atoms with Crippen molar-refractivity contribution in [2.24, 2.45) is 17.3 Å². The predicted molar refractivity (Wildman–Crippen MR) is 110 cm³/mol. The van der Waals surface area contributed by atoms with Crippen molar-refractivity contribution in [2.45, 2.75) is 116 Å². The summed E-state index contributed by atoms with van der Waals surface area (Å²) in [5.74, 6) is 1.55. The molecule has 2 rings (SSSR count). The summed E-state index contributed by atoms with van der Waals surface area (Å²) in [5, 5.41) is 19.4. The largest absolute Gasteiger partial charge is 0.391 e. The van der Waals surface area contributed by atoms with Gasteiger partial charge in [-0.05, 0) is 81.5 Å². The second-order valence-corrected chi connectivity index (χ2v) is 9.56. The van der Waals surface area contributed by atoms with E-state index < -0.39 is 0 Å². The van der Waals surface area contributed by atoms with E-state index in [0.717, 1.165) is 50.4 Å². The normalized spacial score (nSPS) is 32.2. The monoisotopic (exact) mass is 384 g/mol. The molecule has 2 fully saturated rings. The van der Waals surface area contributed by atoms with E-state index in [-0.39, 0.29) is 12.2 Å². The smallest absolute Gasteiger partial charge is 0.0771 e. The van der Waals surface area contributed by atoms with E-state index in [2.05, 4.69) is 13.8 Å². The Kier molecular flexibility index (Phi) is 9.54. The number of aliphatic hydroxyl groups is 2. The average molecular weight is 385 g/mol. The Balaban J connectivity index is 1.72. The molecule has 0 aromatic rings. The second-order valence-electron chi connectivity index (χ2n) is 9.56. The minimum absolute atomic E-state index is 0.310. The number of rotatable bonds is 10. The molecule has 0 saturated heterocycles. The molecule has 0 radical (unpaired) electrons. The molecule has 2 aliphatic rings. The fourth-order valence-corrected chi connectivity index (χ4v) is 5.01. The summed E-state index contributed by atoms with van der Waals surface area (Å²) < 4.78 is 11.8. The van der Waals surface area contributed by atoms with Gasteiger partial charge in [0.05, 0.1) is 37.6 Å². The molecule has 4 nitrogen and oxygen atoms in total. The number of ether oxygens (including phenoxy) is 2. The molecule has 2 saturated carbocycles. The lowest BCUT2D eigenvalue weighted by atomic mass is 9.60. The Labute approximate surface area is 167 Å². The van der Waals surface area contributed by atoms with Crippen LogP contribution in [0.4, 0.5) is 0 Å². The van der Waals surface area contributed by atoms with Crippen molar-refractivity contribution >= 4 is 0 Å². The van der Waals surface area contributed by atoms with Crippen LogP contribution in [0.3, 0.4) is 0 Å².